The topological polar surface area (TPSA) is 97.1 Å². The number of carbonyl (C=O) groups is 1. The van der Waals surface area contributed by atoms with E-state index in [1.165, 1.54) is 59.7 Å². The van der Waals surface area contributed by atoms with Crippen molar-refractivity contribution in [3.63, 3.8) is 0 Å². The van der Waals surface area contributed by atoms with Crippen LogP contribution in [0.15, 0.2) is 93.2 Å². The molecule has 8 nitrogen and oxygen atoms in total. The minimum atomic E-state index is -4.10. The van der Waals surface area contributed by atoms with E-state index >= 15 is 0 Å². The first-order chi connectivity index (χ1) is 19.7. The van der Waals surface area contributed by atoms with Gasteiger partial charge in [-0.3, -0.25) is 9.59 Å². The van der Waals surface area contributed by atoms with Crippen LogP contribution in [-0.2, 0) is 32.6 Å². The number of sulfonamides is 1. The molecular formula is C30H28ClFN2O6S. The summed E-state index contributed by atoms with van der Waals surface area (Å²) in [5.74, 6) is -0.976. The van der Waals surface area contributed by atoms with Gasteiger partial charge in [-0.1, -0.05) is 35.9 Å². The lowest BCUT2D eigenvalue weighted by molar-refractivity contribution is -0.132. The molecule has 1 unspecified atom stereocenters. The monoisotopic (exact) mass is 598 g/mol. The van der Waals surface area contributed by atoms with Crippen molar-refractivity contribution in [1.82, 2.24) is 9.21 Å². The summed E-state index contributed by atoms with van der Waals surface area (Å²) >= 11 is 5.97. The number of ether oxygens (including phenoxy) is 1. The highest BCUT2D eigenvalue weighted by molar-refractivity contribution is 7.89. The molecule has 1 amide bonds. The van der Waals surface area contributed by atoms with E-state index < -0.39 is 28.3 Å². The minimum Gasteiger partial charge on any atom is -0.464 e. The number of para-hydroxylation sites is 1. The Morgan fingerprint density at radius 2 is 1.73 bits per heavy atom. The van der Waals surface area contributed by atoms with Crippen molar-refractivity contribution in [2.24, 2.45) is 0 Å². The first-order valence-electron chi connectivity index (χ1n) is 13.1. The van der Waals surface area contributed by atoms with E-state index in [-0.39, 0.29) is 41.6 Å². The van der Waals surface area contributed by atoms with Crippen LogP contribution in [0.2, 0.25) is 5.02 Å². The van der Waals surface area contributed by atoms with Crippen molar-refractivity contribution in [3.05, 3.63) is 111 Å². The van der Waals surface area contributed by atoms with Crippen LogP contribution in [0.3, 0.4) is 0 Å². The highest BCUT2D eigenvalue weighted by atomic mass is 35.5. The van der Waals surface area contributed by atoms with Crippen LogP contribution in [-0.4, -0.2) is 49.3 Å². The zero-order chi connectivity index (χ0) is 29.0. The predicted molar refractivity (Wildman–Crippen MR) is 152 cm³/mol. The first-order valence-corrected chi connectivity index (χ1v) is 14.9. The second-order valence-corrected chi connectivity index (χ2v) is 12.2. The molecule has 0 saturated carbocycles. The smallest absolute Gasteiger partial charge is 0.243 e. The molecule has 1 saturated heterocycles. The van der Waals surface area contributed by atoms with E-state index in [0.717, 1.165) is 10.7 Å². The molecule has 1 aliphatic rings. The van der Waals surface area contributed by atoms with E-state index in [1.807, 2.05) is 0 Å². The van der Waals surface area contributed by atoms with Gasteiger partial charge in [0, 0.05) is 24.7 Å². The van der Waals surface area contributed by atoms with Crippen LogP contribution in [0.5, 0.6) is 0 Å². The summed E-state index contributed by atoms with van der Waals surface area (Å²) in [7, 11) is -4.10. The Morgan fingerprint density at radius 1 is 1.00 bits per heavy atom. The fourth-order valence-electron chi connectivity index (χ4n) is 4.74. The van der Waals surface area contributed by atoms with E-state index in [9.17, 15) is 22.4 Å². The maximum Gasteiger partial charge on any atom is 0.243 e. The van der Waals surface area contributed by atoms with Gasteiger partial charge >= 0.3 is 0 Å². The highest BCUT2D eigenvalue weighted by Gasteiger charge is 2.32. The summed E-state index contributed by atoms with van der Waals surface area (Å²) < 4.78 is 53.4. The number of rotatable bonds is 10. The maximum atomic E-state index is 13.9. The van der Waals surface area contributed by atoms with Crippen molar-refractivity contribution in [2.75, 3.05) is 19.7 Å². The Hall–Kier alpha value is -3.57. The van der Waals surface area contributed by atoms with Gasteiger partial charge in [-0.2, -0.15) is 4.31 Å². The number of halogens is 2. The Morgan fingerprint density at radius 3 is 2.44 bits per heavy atom. The molecular weight excluding hydrogens is 571 g/mol. The van der Waals surface area contributed by atoms with Gasteiger partial charge in [-0.05, 0) is 66.9 Å². The summed E-state index contributed by atoms with van der Waals surface area (Å²) in [5, 5.41) is 0.745. The second-order valence-electron chi connectivity index (χ2n) is 9.85. The molecule has 4 aromatic rings. The molecule has 1 atom stereocenters. The zero-order valence-corrected chi connectivity index (χ0v) is 23.6. The van der Waals surface area contributed by atoms with Gasteiger partial charge in [-0.25, -0.2) is 12.8 Å². The van der Waals surface area contributed by atoms with Crippen LogP contribution in [0.25, 0.3) is 11.0 Å². The number of hydrogen-bond donors (Lipinski definition) is 0. The summed E-state index contributed by atoms with van der Waals surface area (Å²) in [6.07, 6.45) is 2.41. The predicted octanol–water partition coefficient (Wildman–Crippen LogP) is 4.98. The number of carbonyl (C=O) groups excluding carboxylic acids is 1. The summed E-state index contributed by atoms with van der Waals surface area (Å²) in [6.45, 7) is -0.121. The van der Waals surface area contributed by atoms with Gasteiger partial charge in [0.25, 0.3) is 0 Å². The molecule has 11 heteroatoms. The third kappa shape index (κ3) is 6.84. The largest absolute Gasteiger partial charge is 0.464 e. The quantitative estimate of drug-likeness (QED) is 0.255. The standard InChI is InChI=1S/C30H28ClFN2O6S/c31-23-9-13-26(14-10-23)41(37,38)34(18-25-4-3-15-39-25)19-29(35)33(16-21-7-11-24(32)12-8-21)17-22-20-40-28-6-2-1-5-27(28)30(22)36/h1-2,5-14,20,25H,3-4,15-19H2. The van der Waals surface area contributed by atoms with Gasteiger partial charge in [0.05, 0.1) is 41.3 Å². The van der Waals surface area contributed by atoms with Gasteiger partial charge in [0.2, 0.25) is 15.9 Å². The lowest BCUT2D eigenvalue weighted by atomic mass is 10.1. The summed E-state index contributed by atoms with van der Waals surface area (Å²) in [5.41, 5.74) is 0.949. The molecule has 214 valence electrons. The Labute approximate surface area is 241 Å². The van der Waals surface area contributed by atoms with Gasteiger partial charge in [-0.15, -0.1) is 0 Å². The van der Waals surface area contributed by atoms with Crippen LogP contribution in [0, 0.1) is 5.82 Å². The fraction of sp³-hybridized carbons (Fsp3) is 0.267. The van der Waals surface area contributed by atoms with Gasteiger partial charge in [0.15, 0.2) is 5.43 Å². The van der Waals surface area contributed by atoms with Crippen molar-refractivity contribution in [2.45, 2.75) is 36.9 Å². The van der Waals surface area contributed by atoms with E-state index in [4.69, 9.17) is 20.8 Å². The molecule has 1 fully saturated rings. The summed E-state index contributed by atoms with van der Waals surface area (Å²) in [4.78, 5) is 28.5. The third-order valence-electron chi connectivity index (χ3n) is 6.95. The van der Waals surface area contributed by atoms with E-state index in [2.05, 4.69) is 0 Å². The maximum absolute atomic E-state index is 13.9. The van der Waals surface area contributed by atoms with Gasteiger partial charge in [0.1, 0.15) is 11.4 Å². The molecule has 1 aliphatic heterocycles. The minimum absolute atomic E-state index is 0.00652. The Balaban J connectivity index is 1.47. The van der Waals surface area contributed by atoms with Crippen molar-refractivity contribution in [3.8, 4) is 0 Å². The molecule has 1 aromatic heterocycles. The third-order valence-corrected chi connectivity index (χ3v) is 9.02. The van der Waals surface area contributed by atoms with Gasteiger partial charge < -0.3 is 14.1 Å². The SMILES string of the molecule is O=C(CN(CC1CCCO1)S(=O)(=O)c1ccc(Cl)cc1)N(Cc1ccc(F)cc1)Cc1coc2ccccc2c1=O. The van der Waals surface area contributed by atoms with Crippen LogP contribution >= 0.6 is 11.6 Å². The zero-order valence-electron chi connectivity index (χ0n) is 22.0. The average molecular weight is 599 g/mol. The first kappa shape index (κ1) is 28.9. The molecule has 3 aromatic carbocycles. The Bertz CT molecular complexity index is 1690. The molecule has 0 bridgehead atoms. The molecule has 0 aliphatic carbocycles. The molecule has 5 rings (SSSR count). The van der Waals surface area contributed by atoms with Crippen LogP contribution in [0.1, 0.15) is 24.0 Å². The molecule has 0 N–H and O–H groups in total. The number of fused-ring (bicyclic) bond motifs is 1. The van der Waals surface area contributed by atoms with Crippen molar-refractivity contribution in [1.29, 1.82) is 0 Å². The number of amides is 1. The fourth-order valence-corrected chi connectivity index (χ4v) is 6.29. The number of benzene rings is 3. The van der Waals surface area contributed by atoms with Crippen LogP contribution < -0.4 is 5.43 Å². The lowest BCUT2D eigenvalue weighted by Gasteiger charge is -2.28. The molecule has 2 heterocycles. The van der Waals surface area contributed by atoms with Crippen LogP contribution in [0.4, 0.5) is 4.39 Å². The summed E-state index contributed by atoms with van der Waals surface area (Å²) in [6, 6.07) is 18.1. The number of hydrogen-bond acceptors (Lipinski definition) is 6. The van der Waals surface area contributed by atoms with Crippen molar-refractivity contribution < 1.29 is 26.8 Å². The lowest BCUT2D eigenvalue weighted by Crippen LogP contribution is -2.45. The number of nitrogens with zero attached hydrogens (tertiary/aromatic N) is 2. The molecule has 0 spiro atoms. The van der Waals surface area contributed by atoms with E-state index in [0.29, 0.717) is 34.6 Å². The van der Waals surface area contributed by atoms with E-state index in [1.54, 1.807) is 24.3 Å². The average Bonchev–Trinajstić information content (AvgIpc) is 3.48. The normalized spacial score (nSPS) is 15.4. The van der Waals surface area contributed by atoms with Crippen molar-refractivity contribution >= 4 is 38.5 Å². The second kappa shape index (κ2) is 12.5. The molecule has 0 radical (unpaired) electrons. The Kier molecular flexibility index (Phi) is 8.84. The highest BCUT2D eigenvalue weighted by Crippen LogP contribution is 2.23. The molecule has 41 heavy (non-hydrogen) atoms.